The maximum atomic E-state index is 9.02. The monoisotopic (exact) mass is 349 g/mol. The number of thiophene rings is 1. The van der Waals surface area contributed by atoms with Crippen molar-refractivity contribution in [1.82, 2.24) is 0 Å². The van der Waals surface area contributed by atoms with Crippen LogP contribution in [0.25, 0.3) is 0 Å². The molecule has 0 saturated carbocycles. The molecule has 0 unspecified atom stereocenters. The molecular weight excluding hydrogens is 330 g/mol. The molecule has 2 aromatic rings. The third-order valence-corrected chi connectivity index (χ3v) is 5.57. The minimum Gasteiger partial charge on any atom is -0.318 e. The average Bonchev–Trinajstić information content (AvgIpc) is 2.80. The zero-order valence-electron chi connectivity index (χ0n) is 14.6. The summed E-state index contributed by atoms with van der Waals surface area (Å²) in [5.41, 5.74) is 5.03. The summed E-state index contributed by atoms with van der Waals surface area (Å²) < 4.78 is 0. The Kier molecular flexibility index (Phi) is 4.77. The molecule has 25 heavy (non-hydrogen) atoms. The molecule has 1 aromatic carbocycles. The van der Waals surface area contributed by atoms with Crippen LogP contribution >= 0.6 is 11.3 Å². The Labute approximate surface area is 151 Å². The molecule has 0 aliphatic carbocycles. The second-order valence-corrected chi connectivity index (χ2v) is 7.03. The molecule has 0 saturated heterocycles. The number of fused-ring (bicyclic) bond motifs is 1. The van der Waals surface area contributed by atoms with Crippen molar-refractivity contribution >= 4 is 34.6 Å². The molecule has 1 aromatic heterocycles. The van der Waals surface area contributed by atoms with Gasteiger partial charge in [-0.2, -0.15) is 10.4 Å². The number of aliphatic imine (C=N–C) groups is 1. The van der Waals surface area contributed by atoms with E-state index in [1.54, 1.807) is 11.3 Å². The minimum absolute atomic E-state index is 0.651. The van der Waals surface area contributed by atoms with Crippen LogP contribution in [-0.4, -0.2) is 31.4 Å². The van der Waals surface area contributed by atoms with Gasteiger partial charge in [0.1, 0.15) is 10.8 Å². The Bertz CT molecular complexity index is 913. The van der Waals surface area contributed by atoms with Crippen molar-refractivity contribution in [2.24, 2.45) is 15.2 Å². The number of aryl methyl sites for hydroxylation is 1. The zero-order chi connectivity index (χ0) is 18.0. The van der Waals surface area contributed by atoms with Gasteiger partial charge < -0.3 is 4.90 Å². The maximum Gasteiger partial charge on any atom is 0.129 e. The third kappa shape index (κ3) is 3.11. The number of anilines is 1. The Hall–Kier alpha value is -2.78. The quantitative estimate of drug-likeness (QED) is 0.468. The smallest absolute Gasteiger partial charge is 0.129 e. The van der Waals surface area contributed by atoms with E-state index in [1.165, 1.54) is 10.4 Å². The normalized spacial score (nSPS) is 14.4. The average molecular weight is 349 g/mol. The summed E-state index contributed by atoms with van der Waals surface area (Å²) >= 11 is 1.75. The van der Waals surface area contributed by atoms with Gasteiger partial charge in [-0.25, -0.2) is 0 Å². The maximum absolute atomic E-state index is 9.02. The van der Waals surface area contributed by atoms with E-state index >= 15 is 0 Å². The first-order valence-corrected chi connectivity index (χ1v) is 8.81. The second-order valence-electron chi connectivity index (χ2n) is 5.82. The van der Waals surface area contributed by atoms with Crippen LogP contribution < -0.4 is 4.90 Å². The van der Waals surface area contributed by atoms with Gasteiger partial charge in [-0.15, -0.1) is 16.4 Å². The van der Waals surface area contributed by atoms with Gasteiger partial charge in [0.2, 0.25) is 0 Å². The van der Waals surface area contributed by atoms with E-state index in [9.17, 15) is 0 Å². The first-order valence-electron chi connectivity index (χ1n) is 8.00. The molecule has 0 radical (unpaired) electrons. The highest BCUT2D eigenvalue weighted by molar-refractivity contribution is 7.17. The fourth-order valence-corrected chi connectivity index (χ4v) is 4.15. The summed E-state index contributed by atoms with van der Waals surface area (Å²) in [6, 6.07) is 9.77. The predicted molar refractivity (Wildman–Crippen MR) is 105 cm³/mol. The van der Waals surface area contributed by atoms with Crippen LogP contribution in [0.4, 0.5) is 5.00 Å². The van der Waals surface area contributed by atoms with Crippen molar-refractivity contribution in [2.75, 3.05) is 18.0 Å². The lowest BCUT2D eigenvalue weighted by Gasteiger charge is -2.21. The molecule has 0 spiro atoms. The molecule has 0 N–H and O–H groups in total. The summed E-state index contributed by atoms with van der Waals surface area (Å²) in [6.45, 7) is 11.1. The summed E-state index contributed by atoms with van der Waals surface area (Å²) in [5, 5.41) is 18.0. The molecule has 3 rings (SSSR count). The second kappa shape index (κ2) is 6.99. The van der Waals surface area contributed by atoms with Gasteiger partial charge in [0.25, 0.3) is 0 Å². The van der Waals surface area contributed by atoms with E-state index in [4.69, 9.17) is 10.3 Å². The number of benzene rings is 1. The topological polar surface area (TPSA) is 64.1 Å². The lowest BCUT2D eigenvalue weighted by atomic mass is 9.99. The van der Waals surface area contributed by atoms with Gasteiger partial charge in [-0.1, -0.05) is 12.1 Å². The Balaban J connectivity index is 2.16. The van der Waals surface area contributed by atoms with Crippen LogP contribution in [0.2, 0.25) is 0 Å². The van der Waals surface area contributed by atoms with Crippen LogP contribution in [0, 0.1) is 25.2 Å². The number of hydrogen-bond acceptors (Lipinski definition) is 5. The first-order chi connectivity index (χ1) is 12.1. The molecule has 5 nitrogen and oxygen atoms in total. The lowest BCUT2D eigenvalue weighted by Crippen LogP contribution is -2.30. The third-order valence-electron chi connectivity index (χ3n) is 4.34. The molecule has 6 heteroatoms. The summed E-state index contributed by atoms with van der Waals surface area (Å²) in [4.78, 5) is 8.28. The highest BCUT2D eigenvalue weighted by Gasteiger charge is 2.26. The van der Waals surface area contributed by atoms with Crippen molar-refractivity contribution in [3.05, 3.63) is 51.4 Å². The number of amidine groups is 1. The van der Waals surface area contributed by atoms with Crippen molar-refractivity contribution in [3.63, 3.8) is 0 Å². The summed E-state index contributed by atoms with van der Waals surface area (Å²) in [5.74, 6) is 0.814. The van der Waals surface area contributed by atoms with E-state index in [1.807, 2.05) is 31.2 Å². The molecule has 0 amide bonds. The van der Waals surface area contributed by atoms with Gasteiger partial charge >= 0.3 is 0 Å². The van der Waals surface area contributed by atoms with Crippen molar-refractivity contribution in [3.8, 4) is 6.07 Å². The fraction of sp³-hybridized carbons (Fsp3) is 0.263. The minimum atomic E-state index is 0.651. The van der Waals surface area contributed by atoms with Gasteiger partial charge in [-0.3, -0.25) is 4.99 Å². The first kappa shape index (κ1) is 17.1. The molecule has 0 fully saturated rings. The fourth-order valence-electron chi connectivity index (χ4n) is 2.92. The highest BCUT2D eigenvalue weighted by atomic mass is 32.1. The van der Waals surface area contributed by atoms with Crippen LogP contribution in [0.3, 0.4) is 0 Å². The standard InChI is InChI=1S/C19H19N5S/c1-12-13(2)25-19-17(12)18(16-7-5-15(11-20)6-8-16)22-9-10-24(19)14(3)23-21-4/h5-8H,4,9-10H2,1-3H3/b23-14-. The summed E-state index contributed by atoms with van der Waals surface area (Å²) in [7, 11) is 0. The van der Waals surface area contributed by atoms with Gasteiger partial charge in [0, 0.05) is 29.3 Å². The molecule has 1 aliphatic heterocycles. The SMILES string of the molecule is C=N/N=C(/C)N1CCN=C(c2ccc(C#N)cc2)c2c1sc(C)c2C. The Morgan fingerprint density at radius 3 is 2.68 bits per heavy atom. The largest absolute Gasteiger partial charge is 0.318 e. The number of nitrogens with zero attached hydrogens (tertiary/aromatic N) is 5. The van der Waals surface area contributed by atoms with Gasteiger partial charge in [-0.05, 0) is 38.5 Å². The van der Waals surface area contributed by atoms with Crippen LogP contribution in [0.15, 0.2) is 39.5 Å². The van der Waals surface area contributed by atoms with E-state index < -0.39 is 0 Å². The molecule has 2 heterocycles. The lowest BCUT2D eigenvalue weighted by molar-refractivity contribution is 0.950. The zero-order valence-corrected chi connectivity index (χ0v) is 15.4. The van der Waals surface area contributed by atoms with Crippen molar-refractivity contribution < 1.29 is 0 Å². The molecular formula is C19H19N5S. The summed E-state index contributed by atoms with van der Waals surface area (Å²) in [6.07, 6.45) is 0. The van der Waals surface area contributed by atoms with Gasteiger partial charge in [0.15, 0.2) is 0 Å². The van der Waals surface area contributed by atoms with Crippen LogP contribution in [0.1, 0.15) is 34.1 Å². The number of rotatable bonds is 2. The molecule has 126 valence electrons. The van der Waals surface area contributed by atoms with Crippen LogP contribution in [-0.2, 0) is 0 Å². The predicted octanol–water partition coefficient (Wildman–Crippen LogP) is 3.93. The highest BCUT2D eigenvalue weighted by Crippen LogP contribution is 2.38. The van der Waals surface area contributed by atoms with E-state index in [2.05, 4.69) is 41.7 Å². The van der Waals surface area contributed by atoms with Crippen molar-refractivity contribution in [1.29, 1.82) is 5.26 Å². The molecule has 0 bridgehead atoms. The Morgan fingerprint density at radius 2 is 2.04 bits per heavy atom. The Morgan fingerprint density at radius 1 is 1.32 bits per heavy atom. The van der Waals surface area contributed by atoms with Crippen molar-refractivity contribution in [2.45, 2.75) is 20.8 Å². The number of nitriles is 1. The van der Waals surface area contributed by atoms with Gasteiger partial charge in [0.05, 0.1) is 23.9 Å². The van der Waals surface area contributed by atoms with E-state index in [0.717, 1.165) is 34.2 Å². The molecule has 0 atom stereocenters. The molecule has 1 aliphatic rings. The van der Waals surface area contributed by atoms with Crippen LogP contribution in [0.5, 0.6) is 0 Å². The van der Waals surface area contributed by atoms with E-state index in [0.29, 0.717) is 12.1 Å². The van der Waals surface area contributed by atoms with E-state index in [-0.39, 0.29) is 0 Å². The number of hydrogen-bond donors (Lipinski definition) is 0.